The van der Waals surface area contributed by atoms with Gasteiger partial charge in [0.2, 0.25) is 11.7 Å². The normalized spacial score (nSPS) is 46.6. The summed E-state index contributed by atoms with van der Waals surface area (Å²) in [5.74, 6) is 0.0391. The lowest BCUT2D eigenvalue weighted by Crippen LogP contribution is -2.63. The Balaban J connectivity index is 2.16. The molecule has 0 aromatic rings. The number of ether oxygens (including phenoxy) is 4. The van der Waals surface area contributed by atoms with Crippen molar-refractivity contribution in [2.24, 2.45) is 0 Å². The highest BCUT2D eigenvalue weighted by Gasteiger charge is 2.82. The van der Waals surface area contributed by atoms with Crippen molar-refractivity contribution in [2.75, 3.05) is 6.61 Å². The lowest BCUT2D eigenvalue weighted by molar-refractivity contribution is -0.256. The zero-order valence-corrected chi connectivity index (χ0v) is 10.7. The van der Waals surface area contributed by atoms with Crippen LogP contribution in [0.4, 0.5) is 0 Å². The smallest absolute Gasteiger partial charge is 0.347 e. The van der Waals surface area contributed by atoms with Gasteiger partial charge in [0.25, 0.3) is 5.60 Å². The molecule has 3 fully saturated rings. The first-order chi connectivity index (χ1) is 8.93. The summed E-state index contributed by atoms with van der Waals surface area (Å²) in [6.07, 6.45) is 5.11. The number of carbonyl (C=O) groups is 2. The van der Waals surface area contributed by atoms with Gasteiger partial charge in [-0.3, -0.25) is 0 Å². The summed E-state index contributed by atoms with van der Waals surface area (Å²) in [6, 6.07) is 0. The number of esters is 2. The van der Waals surface area contributed by atoms with Crippen molar-refractivity contribution in [3.63, 3.8) is 0 Å². The first kappa shape index (κ1) is 12.5. The summed E-state index contributed by atoms with van der Waals surface area (Å²) in [4.78, 5) is 24.3. The molecule has 0 spiro atoms. The van der Waals surface area contributed by atoms with Gasteiger partial charge in [0.15, 0.2) is 5.79 Å². The molecule has 0 aromatic carbocycles. The fourth-order valence-electron chi connectivity index (χ4n) is 3.07. The van der Waals surface area contributed by atoms with Gasteiger partial charge in [-0.05, 0) is 13.8 Å². The largest absolute Gasteiger partial charge is 0.464 e. The van der Waals surface area contributed by atoms with E-state index in [1.165, 1.54) is 0 Å². The predicted octanol–water partition coefficient (Wildman–Crippen LogP) is 0.142. The molecular formula is C13H14O6. The van der Waals surface area contributed by atoms with Crippen LogP contribution in [0.15, 0.2) is 0 Å². The fraction of sp³-hybridized carbons (Fsp3) is 0.692. The summed E-state index contributed by atoms with van der Waals surface area (Å²) in [5.41, 5.74) is -3.11. The number of fused-ring (bicyclic) bond motifs is 1. The van der Waals surface area contributed by atoms with Gasteiger partial charge in [-0.2, -0.15) is 0 Å². The molecule has 3 aliphatic rings. The number of hydrogen-bond donors (Lipinski definition) is 0. The summed E-state index contributed by atoms with van der Waals surface area (Å²) in [7, 11) is 0. The maximum Gasteiger partial charge on any atom is 0.347 e. The molecule has 0 amide bonds. The molecule has 3 aliphatic heterocycles. The average Bonchev–Trinajstić information content (AvgIpc) is 2.77. The Hall–Kier alpha value is -1.58. The van der Waals surface area contributed by atoms with Gasteiger partial charge in [-0.25, -0.2) is 9.59 Å². The number of terminal acetylenes is 1. The summed E-state index contributed by atoms with van der Waals surface area (Å²) >= 11 is 0. The maximum atomic E-state index is 12.3. The van der Waals surface area contributed by atoms with Gasteiger partial charge >= 0.3 is 11.9 Å². The Kier molecular flexibility index (Phi) is 2.29. The van der Waals surface area contributed by atoms with Crippen LogP contribution in [0.2, 0.25) is 0 Å². The van der Waals surface area contributed by atoms with Crippen LogP contribution in [0.3, 0.4) is 0 Å². The number of rotatable bonds is 2. The standard InChI is InChI=1S/C13H14O6/c1-4-12-7-6-11(3)17-8(9(14)18-12)13(12,19-11)10(15)16-5-2/h1,8H,5-7H2,2-3H3/t8-,11-,12-,13+/m1/s1. The van der Waals surface area contributed by atoms with Crippen LogP contribution in [0.25, 0.3) is 0 Å². The van der Waals surface area contributed by atoms with E-state index < -0.39 is 35.0 Å². The molecular weight excluding hydrogens is 252 g/mol. The lowest BCUT2D eigenvalue weighted by Gasteiger charge is -2.42. The molecule has 0 unspecified atom stereocenters. The molecule has 6 nitrogen and oxygen atoms in total. The minimum atomic E-state index is -1.68. The van der Waals surface area contributed by atoms with E-state index in [2.05, 4.69) is 5.92 Å². The number of carbonyl (C=O) groups excluding carboxylic acids is 2. The van der Waals surface area contributed by atoms with Gasteiger partial charge in [-0.15, -0.1) is 6.42 Å². The molecule has 19 heavy (non-hydrogen) atoms. The van der Waals surface area contributed by atoms with E-state index in [0.29, 0.717) is 12.8 Å². The Bertz CT molecular complexity index is 508. The third-order valence-corrected chi connectivity index (χ3v) is 3.95. The lowest BCUT2D eigenvalue weighted by atomic mass is 9.76. The van der Waals surface area contributed by atoms with Crippen molar-refractivity contribution in [3.8, 4) is 12.3 Å². The second kappa shape index (κ2) is 3.50. The molecule has 0 aromatic heterocycles. The first-order valence-electron chi connectivity index (χ1n) is 6.19. The maximum absolute atomic E-state index is 12.3. The van der Waals surface area contributed by atoms with Gasteiger partial charge in [-0.1, -0.05) is 5.92 Å². The van der Waals surface area contributed by atoms with Gasteiger partial charge in [0.05, 0.1) is 6.61 Å². The molecule has 102 valence electrons. The molecule has 4 atom stereocenters. The second-order valence-electron chi connectivity index (χ2n) is 5.08. The van der Waals surface area contributed by atoms with Crippen molar-refractivity contribution in [2.45, 2.75) is 49.8 Å². The van der Waals surface area contributed by atoms with Crippen molar-refractivity contribution in [1.82, 2.24) is 0 Å². The van der Waals surface area contributed by atoms with E-state index in [0.717, 1.165) is 0 Å². The molecule has 3 rings (SSSR count). The second-order valence-corrected chi connectivity index (χ2v) is 5.08. The van der Waals surface area contributed by atoms with Crippen LogP contribution in [0.5, 0.6) is 0 Å². The molecule has 0 saturated carbocycles. The van der Waals surface area contributed by atoms with E-state index in [1.54, 1.807) is 13.8 Å². The highest BCUT2D eigenvalue weighted by molar-refractivity contribution is 5.96. The molecule has 3 saturated heterocycles. The van der Waals surface area contributed by atoms with E-state index in [1.807, 2.05) is 0 Å². The Labute approximate surface area is 110 Å². The molecule has 0 N–H and O–H groups in total. The fourth-order valence-corrected chi connectivity index (χ4v) is 3.07. The molecule has 0 aliphatic carbocycles. The van der Waals surface area contributed by atoms with Crippen LogP contribution >= 0.6 is 0 Å². The Morgan fingerprint density at radius 1 is 1.58 bits per heavy atom. The van der Waals surface area contributed by atoms with Crippen molar-refractivity contribution in [3.05, 3.63) is 0 Å². The minimum absolute atomic E-state index is 0.155. The molecule has 6 heteroatoms. The first-order valence-corrected chi connectivity index (χ1v) is 6.19. The van der Waals surface area contributed by atoms with Crippen LogP contribution in [-0.2, 0) is 28.5 Å². The van der Waals surface area contributed by atoms with Crippen LogP contribution < -0.4 is 0 Å². The average molecular weight is 266 g/mol. The topological polar surface area (TPSA) is 71.1 Å². The zero-order valence-electron chi connectivity index (χ0n) is 10.7. The quantitative estimate of drug-likeness (QED) is 0.523. The van der Waals surface area contributed by atoms with Gasteiger partial charge in [0.1, 0.15) is 0 Å². The summed E-state index contributed by atoms with van der Waals surface area (Å²) < 4.78 is 21.6. The highest BCUT2D eigenvalue weighted by Crippen LogP contribution is 2.57. The van der Waals surface area contributed by atoms with Crippen molar-refractivity contribution >= 4 is 11.9 Å². The SMILES string of the molecule is C#C[C@]12CC[C@]3(C)O[C@H](C(=O)O1)[C@@]2(C(=O)OCC)O3. The van der Waals surface area contributed by atoms with Gasteiger partial charge in [0, 0.05) is 12.8 Å². The molecule has 3 heterocycles. The minimum Gasteiger partial charge on any atom is -0.464 e. The van der Waals surface area contributed by atoms with E-state index >= 15 is 0 Å². The molecule has 2 bridgehead atoms. The van der Waals surface area contributed by atoms with Crippen LogP contribution in [-0.4, -0.2) is 41.6 Å². The monoisotopic (exact) mass is 266 g/mol. The van der Waals surface area contributed by atoms with Crippen LogP contribution in [0, 0.1) is 12.3 Å². The molecule has 0 radical (unpaired) electrons. The zero-order chi connectivity index (χ0) is 13.9. The Morgan fingerprint density at radius 2 is 2.32 bits per heavy atom. The third-order valence-electron chi connectivity index (χ3n) is 3.95. The van der Waals surface area contributed by atoms with Crippen LogP contribution in [0.1, 0.15) is 26.7 Å². The third kappa shape index (κ3) is 1.24. The summed E-state index contributed by atoms with van der Waals surface area (Å²) in [6.45, 7) is 3.50. The Morgan fingerprint density at radius 3 is 2.95 bits per heavy atom. The highest BCUT2D eigenvalue weighted by atomic mass is 16.8. The van der Waals surface area contributed by atoms with E-state index in [-0.39, 0.29) is 6.61 Å². The van der Waals surface area contributed by atoms with E-state index in [4.69, 9.17) is 25.4 Å². The van der Waals surface area contributed by atoms with Crippen molar-refractivity contribution < 1.29 is 28.5 Å². The van der Waals surface area contributed by atoms with Gasteiger partial charge < -0.3 is 18.9 Å². The number of hydrogen-bond acceptors (Lipinski definition) is 6. The van der Waals surface area contributed by atoms with E-state index in [9.17, 15) is 9.59 Å². The van der Waals surface area contributed by atoms with Crippen molar-refractivity contribution in [1.29, 1.82) is 0 Å². The summed E-state index contributed by atoms with van der Waals surface area (Å²) in [5, 5.41) is 0. The predicted molar refractivity (Wildman–Crippen MR) is 60.6 cm³/mol.